The van der Waals surface area contributed by atoms with Crippen LogP contribution in [0.1, 0.15) is 50.9 Å². The molecule has 0 spiro atoms. The summed E-state index contributed by atoms with van der Waals surface area (Å²) < 4.78 is 36.4. The third-order valence-corrected chi connectivity index (χ3v) is 9.77. The van der Waals surface area contributed by atoms with Crippen molar-refractivity contribution in [1.82, 2.24) is 29.0 Å². The molecule has 0 unspecified atom stereocenters. The molecular weight excluding hydrogens is 512 g/mol. The van der Waals surface area contributed by atoms with Crippen molar-refractivity contribution in [3.63, 3.8) is 0 Å². The van der Waals surface area contributed by atoms with E-state index >= 15 is 0 Å². The molecule has 39 heavy (non-hydrogen) atoms. The standard InChI is InChI=1S/C29H34N6O3S/c1-22(28-31-27-11-6-5-10-26(27)29(32-28)38-24-8-3-2-4-9-24)33-18-20-34(21-19-33)39(36,37)25-14-12-23(13-15-25)35-17-7-16-30-35/h5-7,10-17,22,24H,2-4,8-9,18-21H2,1H3/t22-/m1/s1. The fraction of sp³-hybridized carbons (Fsp3) is 0.414. The van der Waals surface area contributed by atoms with Gasteiger partial charge in [-0.1, -0.05) is 18.6 Å². The van der Waals surface area contributed by atoms with Gasteiger partial charge in [0, 0.05) is 38.6 Å². The van der Waals surface area contributed by atoms with Gasteiger partial charge in [-0.05, 0) is 75.1 Å². The van der Waals surface area contributed by atoms with Crippen molar-refractivity contribution in [2.24, 2.45) is 0 Å². The lowest BCUT2D eigenvalue weighted by Crippen LogP contribution is -2.49. The van der Waals surface area contributed by atoms with Gasteiger partial charge in [-0.2, -0.15) is 14.4 Å². The minimum Gasteiger partial charge on any atom is -0.474 e. The fourth-order valence-electron chi connectivity index (χ4n) is 5.52. The maximum Gasteiger partial charge on any atom is 0.243 e. The Kier molecular flexibility index (Phi) is 7.33. The van der Waals surface area contributed by atoms with Crippen LogP contribution >= 0.6 is 0 Å². The molecule has 2 aliphatic rings. The van der Waals surface area contributed by atoms with E-state index in [9.17, 15) is 8.42 Å². The van der Waals surface area contributed by atoms with Crippen molar-refractivity contribution in [2.75, 3.05) is 26.2 Å². The van der Waals surface area contributed by atoms with E-state index in [0.29, 0.717) is 42.8 Å². The molecule has 1 saturated carbocycles. The van der Waals surface area contributed by atoms with E-state index < -0.39 is 10.0 Å². The van der Waals surface area contributed by atoms with Crippen LogP contribution in [-0.2, 0) is 10.0 Å². The Balaban J connectivity index is 1.15. The molecule has 6 rings (SSSR count). The van der Waals surface area contributed by atoms with E-state index in [1.165, 1.54) is 19.3 Å². The van der Waals surface area contributed by atoms with Gasteiger partial charge < -0.3 is 4.74 Å². The lowest BCUT2D eigenvalue weighted by molar-refractivity contribution is 0.135. The smallest absolute Gasteiger partial charge is 0.243 e. The number of sulfonamides is 1. The number of ether oxygens (including phenoxy) is 1. The molecule has 9 nitrogen and oxygen atoms in total. The molecule has 2 fully saturated rings. The zero-order valence-electron chi connectivity index (χ0n) is 22.2. The van der Waals surface area contributed by atoms with Gasteiger partial charge in [0.25, 0.3) is 0 Å². The summed E-state index contributed by atoms with van der Waals surface area (Å²) >= 11 is 0. The lowest BCUT2D eigenvalue weighted by atomic mass is 9.98. The van der Waals surface area contributed by atoms with Gasteiger partial charge in [0.1, 0.15) is 11.9 Å². The van der Waals surface area contributed by atoms with Crippen LogP contribution in [-0.4, -0.2) is 69.7 Å². The molecule has 0 amide bonds. The first kappa shape index (κ1) is 25.9. The highest BCUT2D eigenvalue weighted by molar-refractivity contribution is 7.89. The zero-order valence-corrected chi connectivity index (χ0v) is 23.0. The molecule has 4 aromatic rings. The Morgan fingerprint density at radius 3 is 2.36 bits per heavy atom. The first-order valence-electron chi connectivity index (χ1n) is 13.8. The monoisotopic (exact) mass is 546 g/mol. The number of benzene rings is 2. The first-order chi connectivity index (χ1) is 19.0. The van der Waals surface area contributed by atoms with Gasteiger partial charge in [-0.25, -0.2) is 18.1 Å². The SMILES string of the molecule is C[C@H](c1nc(OC2CCCCC2)c2ccccc2n1)N1CCN(S(=O)(=O)c2ccc(-n3cccn3)cc2)CC1. The average Bonchev–Trinajstić information content (AvgIpc) is 3.53. The molecule has 0 radical (unpaired) electrons. The Bertz CT molecular complexity index is 1510. The summed E-state index contributed by atoms with van der Waals surface area (Å²) in [5.74, 6) is 1.37. The fourth-order valence-corrected chi connectivity index (χ4v) is 6.94. The number of aromatic nitrogens is 4. The summed E-state index contributed by atoms with van der Waals surface area (Å²) in [5, 5.41) is 5.14. The molecule has 10 heteroatoms. The van der Waals surface area contributed by atoms with Crippen molar-refractivity contribution in [1.29, 1.82) is 0 Å². The normalized spacial score (nSPS) is 18.8. The van der Waals surface area contributed by atoms with E-state index in [2.05, 4.69) is 16.9 Å². The van der Waals surface area contributed by atoms with E-state index in [-0.39, 0.29) is 12.1 Å². The molecule has 3 heterocycles. The summed E-state index contributed by atoms with van der Waals surface area (Å²) in [7, 11) is -3.59. The number of para-hydroxylation sites is 1. The minimum absolute atomic E-state index is 0.0680. The molecule has 1 atom stereocenters. The van der Waals surface area contributed by atoms with Crippen LogP contribution in [0.3, 0.4) is 0 Å². The molecule has 2 aromatic heterocycles. The predicted molar refractivity (Wildman–Crippen MR) is 149 cm³/mol. The number of hydrogen-bond donors (Lipinski definition) is 0. The van der Waals surface area contributed by atoms with E-state index in [0.717, 1.165) is 29.4 Å². The Morgan fingerprint density at radius 1 is 0.897 bits per heavy atom. The molecule has 0 bridgehead atoms. The number of rotatable bonds is 7. The average molecular weight is 547 g/mol. The van der Waals surface area contributed by atoms with Gasteiger partial charge in [0.2, 0.25) is 15.9 Å². The molecule has 1 saturated heterocycles. The summed E-state index contributed by atoms with van der Waals surface area (Å²) in [4.78, 5) is 12.3. The molecule has 1 aliphatic heterocycles. The van der Waals surface area contributed by atoms with Crippen LogP contribution in [0.5, 0.6) is 5.88 Å². The van der Waals surface area contributed by atoms with Gasteiger partial charge in [-0.15, -0.1) is 0 Å². The van der Waals surface area contributed by atoms with E-state index in [1.807, 2.05) is 36.5 Å². The van der Waals surface area contributed by atoms with Crippen LogP contribution in [0, 0.1) is 0 Å². The topological polar surface area (TPSA) is 93.5 Å². The molecule has 0 N–H and O–H groups in total. The van der Waals surface area contributed by atoms with E-state index in [1.54, 1.807) is 39.4 Å². The van der Waals surface area contributed by atoms with Crippen LogP contribution < -0.4 is 4.74 Å². The second-order valence-corrected chi connectivity index (χ2v) is 12.3. The summed E-state index contributed by atoms with van der Waals surface area (Å²) in [6, 6.07) is 16.6. The summed E-state index contributed by atoms with van der Waals surface area (Å²) in [5.41, 5.74) is 1.69. The lowest BCUT2D eigenvalue weighted by Gasteiger charge is -2.37. The van der Waals surface area contributed by atoms with Crippen molar-refractivity contribution in [3.8, 4) is 11.6 Å². The van der Waals surface area contributed by atoms with Crippen LogP contribution in [0.15, 0.2) is 71.9 Å². The van der Waals surface area contributed by atoms with Crippen LogP contribution in [0.4, 0.5) is 0 Å². The Labute approximate surface area is 229 Å². The highest BCUT2D eigenvalue weighted by atomic mass is 32.2. The first-order valence-corrected chi connectivity index (χ1v) is 15.2. The summed E-state index contributed by atoms with van der Waals surface area (Å²) in [6.45, 7) is 4.10. The maximum atomic E-state index is 13.4. The summed E-state index contributed by atoms with van der Waals surface area (Å²) in [6.07, 6.45) is 9.49. The molecule has 1 aliphatic carbocycles. The largest absolute Gasteiger partial charge is 0.474 e. The molecule has 204 valence electrons. The van der Waals surface area contributed by atoms with Crippen molar-refractivity contribution < 1.29 is 13.2 Å². The molecular formula is C29H34N6O3S. The van der Waals surface area contributed by atoms with Gasteiger partial charge in [0.05, 0.1) is 27.5 Å². The second-order valence-electron chi connectivity index (χ2n) is 10.3. The Morgan fingerprint density at radius 2 is 1.64 bits per heavy atom. The van der Waals surface area contributed by atoms with Crippen molar-refractivity contribution >= 4 is 20.9 Å². The Hall–Kier alpha value is -3.34. The van der Waals surface area contributed by atoms with Gasteiger partial charge in [-0.3, -0.25) is 4.90 Å². The second kappa shape index (κ2) is 11.0. The van der Waals surface area contributed by atoms with E-state index in [4.69, 9.17) is 14.7 Å². The number of hydrogen-bond acceptors (Lipinski definition) is 7. The number of nitrogens with zero attached hydrogens (tertiary/aromatic N) is 6. The van der Waals surface area contributed by atoms with Crippen LogP contribution in [0.2, 0.25) is 0 Å². The highest BCUT2D eigenvalue weighted by Gasteiger charge is 2.31. The zero-order chi connectivity index (χ0) is 26.8. The molecule has 2 aromatic carbocycles. The quantitative estimate of drug-likeness (QED) is 0.335. The van der Waals surface area contributed by atoms with Crippen molar-refractivity contribution in [2.45, 2.75) is 56.1 Å². The predicted octanol–water partition coefficient (Wildman–Crippen LogP) is 4.59. The maximum absolute atomic E-state index is 13.4. The third kappa shape index (κ3) is 5.41. The number of piperazine rings is 1. The highest BCUT2D eigenvalue weighted by Crippen LogP contribution is 2.30. The van der Waals surface area contributed by atoms with Gasteiger partial charge >= 0.3 is 0 Å². The van der Waals surface area contributed by atoms with Crippen molar-refractivity contribution in [3.05, 3.63) is 72.8 Å². The van der Waals surface area contributed by atoms with Crippen LogP contribution in [0.25, 0.3) is 16.6 Å². The minimum atomic E-state index is -3.59. The number of fused-ring (bicyclic) bond motifs is 1. The van der Waals surface area contributed by atoms with Gasteiger partial charge in [0.15, 0.2) is 0 Å². The third-order valence-electron chi connectivity index (χ3n) is 7.85.